The minimum absolute atomic E-state index is 0.0381. The Kier molecular flexibility index (Phi) is 5.97. The summed E-state index contributed by atoms with van der Waals surface area (Å²) >= 11 is 1.29. The van der Waals surface area contributed by atoms with Gasteiger partial charge in [-0.1, -0.05) is 32.1 Å². The van der Waals surface area contributed by atoms with Crippen molar-refractivity contribution in [2.75, 3.05) is 11.9 Å². The Labute approximate surface area is 155 Å². The molecule has 1 N–H and O–H groups in total. The molecule has 1 heterocycles. The van der Waals surface area contributed by atoms with Crippen LogP contribution in [0.2, 0.25) is 0 Å². The van der Waals surface area contributed by atoms with Crippen LogP contribution in [-0.2, 0) is 25.7 Å². The number of nitrogens with zero attached hydrogens (tertiary/aromatic N) is 2. The fourth-order valence-electron chi connectivity index (χ4n) is 2.18. The lowest BCUT2D eigenvalue weighted by atomic mass is 9.96. The molecule has 0 fully saturated rings. The van der Waals surface area contributed by atoms with E-state index in [9.17, 15) is 14.4 Å². The maximum atomic E-state index is 12.3. The van der Waals surface area contributed by atoms with E-state index in [1.807, 2.05) is 0 Å². The van der Waals surface area contributed by atoms with E-state index in [2.05, 4.69) is 10.3 Å². The number of thiazole rings is 1. The van der Waals surface area contributed by atoms with Gasteiger partial charge in [0.1, 0.15) is 6.54 Å². The van der Waals surface area contributed by atoms with Gasteiger partial charge in [-0.05, 0) is 25.1 Å². The van der Waals surface area contributed by atoms with E-state index in [1.165, 1.54) is 18.3 Å². The van der Waals surface area contributed by atoms with E-state index in [1.54, 1.807) is 50.5 Å². The van der Waals surface area contributed by atoms with Crippen molar-refractivity contribution in [1.82, 2.24) is 4.57 Å². The van der Waals surface area contributed by atoms with Gasteiger partial charge in [-0.15, -0.1) is 0 Å². The number of anilines is 1. The van der Waals surface area contributed by atoms with Crippen molar-refractivity contribution in [2.45, 2.75) is 41.2 Å². The van der Waals surface area contributed by atoms with Crippen LogP contribution in [0, 0.1) is 5.41 Å². The van der Waals surface area contributed by atoms with Gasteiger partial charge in [0.25, 0.3) is 5.91 Å². The van der Waals surface area contributed by atoms with Crippen LogP contribution in [0.3, 0.4) is 0 Å². The lowest BCUT2D eigenvalue weighted by molar-refractivity contribution is -0.143. The summed E-state index contributed by atoms with van der Waals surface area (Å²) in [6, 6.07) is 5.33. The molecule has 0 spiro atoms. The molecule has 0 aliphatic heterocycles. The van der Waals surface area contributed by atoms with Crippen LogP contribution in [0.5, 0.6) is 0 Å². The predicted molar refractivity (Wildman–Crippen MR) is 101 cm³/mol. The summed E-state index contributed by atoms with van der Waals surface area (Å²) in [4.78, 5) is 40.2. The van der Waals surface area contributed by atoms with E-state index in [-0.39, 0.29) is 25.0 Å². The number of ether oxygens (including phenoxy) is 1. The van der Waals surface area contributed by atoms with E-state index in [0.29, 0.717) is 10.5 Å². The molecular formula is C18H23N3O4S. The first-order valence-corrected chi connectivity index (χ1v) is 9.09. The van der Waals surface area contributed by atoms with Crippen LogP contribution < -0.4 is 10.1 Å². The maximum Gasteiger partial charge on any atom is 0.326 e. The second-order valence-corrected chi connectivity index (χ2v) is 7.82. The van der Waals surface area contributed by atoms with Crippen molar-refractivity contribution in [3.05, 3.63) is 23.0 Å². The molecule has 0 aliphatic carbocycles. The Morgan fingerprint density at radius 3 is 2.54 bits per heavy atom. The summed E-state index contributed by atoms with van der Waals surface area (Å²) in [5.74, 6) is -0.848. The van der Waals surface area contributed by atoms with Gasteiger partial charge in [0, 0.05) is 18.0 Å². The highest BCUT2D eigenvalue weighted by atomic mass is 32.1. The summed E-state index contributed by atoms with van der Waals surface area (Å²) in [7, 11) is 0. The number of carbonyl (C=O) groups excluding carboxylic acids is 3. The van der Waals surface area contributed by atoms with Crippen molar-refractivity contribution < 1.29 is 19.1 Å². The van der Waals surface area contributed by atoms with Crippen LogP contribution in [-0.4, -0.2) is 29.0 Å². The summed E-state index contributed by atoms with van der Waals surface area (Å²) in [5.41, 5.74) is 0.764. The number of esters is 1. The van der Waals surface area contributed by atoms with E-state index >= 15 is 0 Å². The van der Waals surface area contributed by atoms with Crippen molar-refractivity contribution in [3.63, 3.8) is 0 Å². The molecule has 0 unspecified atom stereocenters. The largest absolute Gasteiger partial charge is 0.465 e. The van der Waals surface area contributed by atoms with Crippen molar-refractivity contribution in [2.24, 2.45) is 10.4 Å². The van der Waals surface area contributed by atoms with Gasteiger partial charge in [-0.2, -0.15) is 4.99 Å². The lowest BCUT2D eigenvalue weighted by Gasteiger charge is -2.12. The fraction of sp³-hybridized carbons (Fsp3) is 0.444. The fourth-order valence-corrected chi connectivity index (χ4v) is 3.25. The molecule has 26 heavy (non-hydrogen) atoms. The Hall–Kier alpha value is -2.48. The first-order valence-electron chi connectivity index (χ1n) is 8.27. The molecule has 2 aromatic rings. The molecule has 0 saturated carbocycles. The average Bonchev–Trinajstić information content (AvgIpc) is 2.82. The van der Waals surface area contributed by atoms with Crippen molar-refractivity contribution in [1.29, 1.82) is 0 Å². The zero-order chi connectivity index (χ0) is 19.5. The Balaban J connectivity index is 2.60. The van der Waals surface area contributed by atoms with E-state index in [4.69, 9.17) is 4.74 Å². The number of aromatic nitrogens is 1. The number of fused-ring (bicyclic) bond motifs is 1. The molecule has 1 aromatic heterocycles. The van der Waals surface area contributed by atoms with Gasteiger partial charge in [0.05, 0.1) is 16.8 Å². The Bertz CT molecular complexity index is 919. The molecule has 0 saturated heterocycles. The van der Waals surface area contributed by atoms with Crippen molar-refractivity contribution >= 4 is 45.0 Å². The van der Waals surface area contributed by atoms with Gasteiger partial charge in [-0.3, -0.25) is 14.4 Å². The summed E-state index contributed by atoms with van der Waals surface area (Å²) < 4.78 is 7.50. The normalized spacial score (nSPS) is 12.3. The molecular weight excluding hydrogens is 354 g/mol. The molecule has 1 aromatic carbocycles. The zero-order valence-corrected chi connectivity index (χ0v) is 16.4. The first-order chi connectivity index (χ1) is 12.1. The SMILES string of the molecule is CCOC(=O)Cn1c(=NC(=O)C(C)(C)C)sc2cc(NC(C)=O)ccc21. The van der Waals surface area contributed by atoms with Gasteiger partial charge in [0.2, 0.25) is 5.91 Å². The molecule has 0 radical (unpaired) electrons. The average molecular weight is 377 g/mol. The third-order valence-corrected chi connectivity index (χ3v) is 4.48. The molecule has 2 rings (SSSR count). The smallest absolute Gasteiger partial charge is 0.326 e. The summed E-state index contributed by atoms with van der Waals surface area (Å²) in [6.45, 7) is 8.78. The molecule has 7 nitrogen and oxygen atoms in total. The summed E-state index contributed by atoms with van der Waals surface area (Å²) in [6.07, 6.45) is 0. The lowest BCUT2D eigenvalue weighted by Crippen LogP contribution is -2.26. The van der Waals surface area contributed by atoms with Gasteiger partial charge in [-0.25, -0.2) is 0 Å². The summed E-state index contributed by atoms with van der Waals surface area (Å²) in [5, 5.41) is 2.72. The van der Waals surface area contributed by atoms with E-state index in [0.717, 1.165) is 10.2 Å². The number of hydrogen-bond donors (Lipinski definition) is 1. The third-order valence-electron chi connectivity index (χ3n) is 3.43. The second-order valence-electron chi connectivity index (χ2n) is 6.81. The van der Waals surface area contributed by atoms with Crippen LogP contribution in [0.1, 0.15) is 34.6 Å². The molecule has 0 bridgehead atoms. The minimum atomic E-state index is -0.626. The number of nitrogens with one attached hydrogen (secondary N) is 1. The Morgan fingerprint density at radius 1 is 1.27 bits per heavy atom. The van der Waals surface area contributed by atoms with Crippen LogP contribution >= 0.6 is 11.3 Å². The third kappa shape index (κ3) is 4.78. The number of hydrogen-bond acceptors (Lipinski definition) is 5. The molecule has 8 heteroatoms. The van der Waals surface area contributed by atoms with Gasteiger partial charge in [0.15, 0.2) is 4.80 Å². The number of carbonyl (C=O) groups is 3. The quantitative estimate of drug-likeness (QED) is 0.830. The minimum Gasteiger partial charge on any atom is -0.465 e. The topological polar surface area (TPSA) is 89.8 Å². The number of rotatable bonds is 4. The standard InChI is InChI=1S/C18H23N3O4S/c1-6-25-15(23)10-21-13-8-7-12(19-11(2)22)9-14(13)26-17(21)20-16(24)18(3,4)5/h7-9H,6,10H2,1-5H3,(H,19,22). The zero-order valence-electron chi connectivity index (χ0n) is 15.6. The molecule has 2 amide bonds. The first kappa shape index (κ1) is 19.8. The monoisotopic (exact) mass is 377 g/mol. The highest BCUT2D eigenvalue weighted by Crippen LogP contribution is 2.23. The highest BCUT2D eigenvalue weighted by molar-refractivity contribution is 7.16. The van der Waals surface area contributed by atoms with Gasteiger partial charge >= 0.3 is 5.97 Å². The maximum absolute atomic E-state index is 12.3. The Morgan fingerprint density at radius 2 is 1.96 bits per heavy atom. The second kappa shape index (κ2) is 7.82. The highest BCUT2D eigenvalue weighted by Gasteiger charge is 2.21. The molecule has 0 aliphatic rings. The molecule has 140 valence electrons. The van der Waals surface area contributed by atoms with Crippen LogP contribution in [0.25, 0.3) is 10.2 Å². The van der Waals surface area contributed by atoms with Crippen molar-refractivity contribution in [3.8, 4) is 0 Å². The van der Waals surface area contributed by atoms with Crippen LogP contribution in [0.15, 0.2) is 23.2 Å². The van der Waals surface area contributed by atoms with E-state index < -0.39 is 11.4 Å². The predicted octanol–water partition coefficient (Wildman–Crippen LogP) is 2.70. The number of benzene rings is 1. The van der Waals surface area contributed by atoms with Crippen LogP contribution in [0.4, 0.5) is 5.69 Å². The molecule has 0 atom stereocenters. The number of amides is 2. The van der Waals surface area contributed by atoms with Gasteiger partial charge < -0.3 is 14.6 Å².